The van der Waals surface area contributed by atoms with Crippen LogP contribution in [-0.4, -0.2) is 79.3 Å². The van der Waals surface area contributed by atoms with E-state index in [0.717, 1.165) is 40.7 Å². The highest BCUT2D eigenvalue weighted by Gasteiger charge is 2.42. The van der Waals surface area contributed by atoms with Crippen LogP contribution in [0.2, 0.25) is 0 Å². The first-order valence-electron chi connectivity index (χ1n) is 12.4. The number of aliphatic hydroxyl groups excluding tert-OH is 1. The zero-order valence-electron chi connectivity index (χ0n) is 22.6. The quantitative estimate of drug-likeness (QED) is 0.316. The summed E-state index contributed by atoms with van der Waals surface area (Å²) in [6.45, 7) is 0.572. The number of aliphatic hydroxyl groups is 1. The standard InChI is InChI=1S/C25H29F6N3O7S/c1-24(2,3)41-23(36)33-10-11-34(42(37,38)17-7-5-16(6-8-17)40-25(29,30)31)19(14-33)21(35)32-13-15-4-9-20(18(26)12-15)39-22(27)28/h4-9,12,19,21-22,32,35H,10-11,13-14H2,1-3H3/t19-,21?/m1/s1. The highest BCUT2D eigenvalue weighted by atomic mass is 32.2. The number of hydrogen-bond donors (Lipinski definition) is 2. The lowest BCUT2D eigenvalue weighted by molar-refractivity contribution is -0.274. The molecule has 1 heterocycles. The number of nitrogens with zero attached hydrogens (tertiary/aromatic N) is 2. The highest BCUT2D eigenvalue weighted by molar-refractivity contribution is 7.89. The number of benzene rings is 2. The summed E-state index contributed by atoms with van der Waals surface area (Å²) >= 11 is 0. The Morgan fingerprint density at radius 3 is 2.29 bits per heavy atom. The van der Waals surface area contributed by atoms with Crippen molar-refractivity contribution in [3.05, 3.63) is 53.8 Å². The van der Waals surface area contributed by atoms with Crippen LogP contribution in [0.3, 0.4) is 0 Å². The minimum atomic E-state index is -4.99. The minimum absolute atomic E-state index is 0.135. The summed E-state index contributed by atoms with van der Waals surface area (Å²) < 4.78 is 118. The normalized spacial score (nSPS) is 17.7. The number of sulfonamides is 1. The Hall–Kier alpha value is -3.28. The molecule has 17 heteroatoms. The van der Waals surface area contributed by atoms with Crippen molar-refractivity contribution in [3.63, 3.8) is 0 Å². The molecular weight excluding hydrogens is 600 g/mol. The summed E-state index contributed by atoms with van der Waals surface area (Å²) in [6.07, 6.45) is -7.43. The van der Waals surface area contributed by atoms with Gasteiger partial charge in [-0.2, -0.15) is 13.1 Å². The molecule has 2 atom stereocenters. The molecule has 1 fully saturated rings. The third-order valence-corrected chi connectivity index (χ3v) is 7.71. The molecule has 0 saturated carbocycles. The third-order valence-electron chi connectivity index (χ3n) is 5.78. The third kappa shape index (κ3) is 9.11. The van der Waals surface area contributed by atoms with Crippen LogP contribution < -0.4 is 14.8 Å². The van der Waals surface area contributed by atoms with E-state index >= 15 is 0 Å². The number of carbonyl (C=O) groups is 1. The fraction of sp³-hybridized carbons (Fsp3) is 0.480. The number of ether oxygens (including phenoxy) is 3. The second kappa shape index (κ2) is 12.9. The molecule has 3 rings (SSSR count). The molecule has 1 amide bonds. The summed E-state index contributed by atoms with van der Waals surface area (Å²) in [4.78, 5) is 13.5. The molecule has 2 aromatic rings. The monoisotopic (exact) mass is 629 g/mol. The molecule has 0 radical (unpaired) electrons. The van der Waals surface area contributed by atoms with Gasteiger partial charge in [-0.3, -0.25) is 5.32 Å². The second-order valence-electron chi connectivity index (χ2n) is 10.1. The van der Waals surface area contributed by atoms with E-state index in [0.29, 0.717) is 0 Å². The molecule has 1 saturated heterocycles. The van der Waals surface area contributed by atoms with Crippen molar-refractivity contribution in [3.8, 4) is 11.5 Å². The Labute approximate surface area is 237 Å². The van der Waals surface area contributed by atoms with Crippen molar-refractivity contribution in [1.29, 1.82) is 0 Å². The van der Waals surface area contributed by atoms with Gasteiger partial charge in [0.1, 0.15) is 17.6 Å². The van der Waals surface area contributed by atoms with Gasteiger partial charge in [-0.05, 0) is 62.7 Å². The van der Waals surface area contributed by atoms with Crippen LogP contribution in [-0.2, 0) is 21.3 Å². The highest BCUT2D eigenvalue weighted by Crippen LogP contribution is 2.28. The fourth-order valence-corrected chi connectivity index (χ4v) is 5.61. The minimum Gasteiger partial charge on any atom is -0.444 e. The molecule has 1 aliphatic rings. The number of amides is 1. The first-order valence-corrected chi connectivity index (χ1v) is 13.8. The number of hydrogen-bond acceptors (Lipinski definition) is 8. The molecular formula is C25H29F6N3O7S. The molecule has 1 unspecified atom stereocenters. The van der Waals surface area contributed by atoms with Gasteiger partial charge in [-0.15, -0.1) is 13.2 Å². The van der Waals surface area contributed by atoms with Crippen molar-refractivity contribution in [2.45, 2.75) is 63.1 Å². The number of piperazine rings is 1. The molecule has 1 aliphatic heterocycles. The summed E-state index contributed by atoms with van der Waals surface area (Å²) in [5.41, 5.74) is -0.695. The van der Waals surface area contributed by atoms with Gasteiger partial charge in [0, 0.05) is 26.2 Å². The van der Waals surface area contributed by atoms with Gasteiger partial charge in [0.25, 0.3) is 0 Å². The van der Waals surface area contributed by atoms with Gasteiger partial charge >= 0.3 is 19.1 Å². The number of rotatable bonds is 9. The molecule has 10 nitrogen and oxygen atoms in total. The van der Waals surface area contributed by atoms with Crippen LogP contribution in [0.15, 0.2) is 47.4 Å². The molecule has 0 aliphatic carbocycles. The molecule has 2 N–H and O–H groups in total. The van der Waals surface area contributed by atoms with Gasteiger partial charge in [-0.1, -0.05) is 6.07 Å². The van der Waals surface area contributed by atoms with E-state index in [1.165, 1.54) is 11.0 Å². The smallest absolute Gasteiger partial charge is 0.444 e. The van der Waals surface area contributed by atoms with Crippen LogP contribution in [0.5, 0.6) is 11.5 Å². The largest absolute Gasteiger partial charge is 0.573 e. The predicted molar refractivity (Wildman–Crippen MR) is 134 cm³/mol. The van der Waals surface area contributed by atoms with Gasteiger partial charge in [0.05, 0.1) is 10.9 Å². The lowest BCUT2D eigenvalue weighted by atomic mass is 10.1. The lowest BCUT2D eigenvalue weighted by Crippen LogP contribution is -2.63. The number of alkyl halides is 5. The average Bonchev–Trinajstić information content (AvgIpc) is 2.86. The number of halogens is 6. The second-order valence-corrected chi connectivity index (χ2v) is 12.0. The van der Waals surface area contributed by atoms with Crippen LogP contribution in [0, 0.1) is 5.82 Å². The van der Waals surface area contributed by atoms with E-state index in [9.17, 15) is 44.7 Å². The number of carbonyl (C=O) groups excluding carboxylic acids is 1. The van der Waals surface area contributed by atoms with Gasteiger partial charge in [-0.25, -0.2) is 17.6 Å². The zero-order chi connectivity index (χ0) is 31.5. The topological polar surface area (TPSA) is 118 Å². The van der Waals surface area contributed by atoms with Gasteiger partial charge in [0.15, 0.2) is 11.6 Å². The summed E-state index contributed by atoms with van der Waals surface area (Å²) in [5.74, 6) is -2.44. The van der Waals surface area contributed by atoms with E-state index in [1.807, 2.05) is 0 Å². The van der Waals surface area contributed by atoms with Gasteiger partial charge < -0.3 is 24.2 Å². The molecule has 234 valence electrons. The maximum absolute atomic E-state index is 14.1. The van der Waals surface area contributed by atoms with Crippen LogP contribution in [0.4, 0.5) is 31.1 Å². The Balaban J connectivity index is 1.84. The van der Waals surface area contributed by atoms with Crippen molar-refractivity contribution in [1.82, 2.24) is 14.5 Å². The average molecular weight is 630 g/mol. The molecule has 0 spiro atoms. The van der Waals surface area contributed by atoms with Crippen LogP contribution >= 0.6 is 0 Å². The van der Waals surface area contributed by atoms with E-state index in [-0.39, 0.29) is 31.7 Å². The Bertz CT molecular complexity index is 1340. The maximum atomic E-state index is 14.1. The zero-order valence-corrected chi connectivity index (χ0v) is 23.4. The van der Waals surface area contributed by atoms with Crippen molar-refractivity contribution < 1.29 is 58.9 Å². The maximum Gasteiger partial charge on any atom is 0.573 e. The predicted octanol–water partition coefficient (Wildman–Crippen LogP) is 4.04. The fourth-order valence-electron chi connectivity index (χ4n) is 3.99. The van der Waals surface area contributed by atoms with Crippen LogP contribution in [0.1, 0.15) is 26.3 Å². The summed E-state index contributed by atoms with van der Waals surface area (Å²) in [5, 5.41) is 13.6. The Morgan fingerprint density at radius 2 is 1.74 bits per heavy atom. The van der Waals surface area contributed by atoms with E-state index in [4.69, 9.17) is 4.74 Å². The molecule has 0 bridgehead atoms. The van der Waals surface area contributed by atoms with Crippen molar-refractivity contribution in [2.24, 2.45) is 0 Å². The molecule has 2 aromatic carbocycles. The van der Waals surface area contributed by atoms with Gasteiger partial charge in [0.2, 0.25) is 10.0 Å². The van der Waals surface area contributed by atoms with Crippen molar-refractivity contribution in [2.75, 3.05) is 19.6 Å². The molecule has 0 aromatic heterocycles. The van der Waals surface area contributed by atoms with Crippen LogP contribution in [0.25, 0.3) is 0 Å². The van der Waals surface area contributed by atoms with E-state index in [1.54, 1.807) is 20.8 Å². The lowest BCUT2D eigenvalue weighted by Gasteiger charge is -2.42. The van der Waals surface area contributed by atoms with E-state index < -0.39 is 69.2 Å². The molecule has 42 heavy (non-hydrogen) atoms. The Morgan fingerprint density at radius 1 is 1.10 bits per heavy atom. The Kier molecular flexibility index (Phi) is 10.2. The first-order chi connectivity index (χ1) is 19.4. The summed E-state index contributed by atoms with van der Waals surface area (Å²) in [6, 6.07) is 5.18. The SMILES string of the molecule is CC(C)(C)OC(=O)N1CCN(S(=O)(=O)c2ccc(OC(F)(F)F)cc2)[C@@H](C(O)NCc2ccc(OC(F)F)c(F)c2)C1. The first kappa shape index (κ1) is 33.2. The summed E-state index contributed by atoms with van der Waals surface area (Å²) in [7, 11) is -4.44. The van der Waals surface area contributed by atoms with E-state index in [2.05, 4.69) is 14.8 Å². The number of nitrogens with one attached hydrogen (secondary N) is 1. The van der Waals surface area contributed by atoms with Crippen molar-refractivity contribution >= 4 is 16.1 Å².